The number of likely N-dealkylation sites (N-methyl/N-ethyl adjacent to an activating group) is 1. The number of halogens is 1. The highest BCUT2D eigenvalue weighted by molar-refractivity contribution is 9.10. The number of carbonyl (C=O) groups excluding carboxylic acids is 2. The lowest BCUT2D eigenvalue weighted by Gasteiger charge is -2.35. The van der Waals surface area contributed by atoms with Crippen LogP contribution >= 0.6 is 15.9 Å². The molecule has 1 aliphatic heterocycles. The van der Waals surface area contributed by atoms with Gasteiger partial charge in [-0.2, -0.15) is 0 Å². The molecule has 2 heterocycles. The van der Waals surface area contributed by atoms with Gasteiger partial charge in [0.1, 0.15) is 5.82 Å². The molecule has 0 aliphatic carbocycles. The fourth-order valence-electron chi connectivity index (χ4n) is 3.45. The third-order valence-corrected chi connectivity index (χ3v) is 5.68. The van der Waals surface area contributed by atoms with Gasteiger partial charge in [-0.3, -0.25) is 14.5 Å². The second-order valence-electron chi connectivity index (χ2n) is 7.55. The molecule has 1 aromatic heterocycles. The molecule has 30 heavy (non-hydrogen) atoms. The van der Waals surface area contributed by atoms with Crippen molar-refractivity contribution < 1.29 is 9.59 Å². The fourth-order valence-corrected chi connectivity index (χ4v) is 3.93. The highest BCUT2D eigenvalue weighted by atomic mass is 79.9. The van der Waals surface area contributed by atoms with Gasteiger partial charge in [-0.05, 0) is 49.9 Å². The standard InChI is InChI=1S/C22H28BrN5O2/c1-17-15-18(23)6-7-19(17)25-21(29)16-26(2)10-8-22(30)28-13-11-27(12-14-28)20-5-3-4-9-24-20/h3-7,9,15H,8,10-14,16H2,1-2H3,(H,25,29). The number of nitrogens with one attached hydrogen (secondary N) is 1. The first-order valence-electron chi connectivity index (χ1n) is 10.1. The Balaban J connectivity index is 1.38. The van der Waals surface area contributed by atoms with E-state index in [0.717, 1.165) is 34.6 Å². The van der Waals surface area contributed by atoms with Crippen LogP contribution in [0.15, 0.2) is 47.1 Å². The number of piperazine rings is 1. The third-order valence-electron chi connectivity index (χ3n) is 5.19. The van der Waals surface area contributed by atoms with Crippen molar-refractivity contribution in [3.05, 3.63) is 52.6 Å². The van der Waals surface area contributed by atoms with Crippen LogP contribution in [0.4, 0.5) is 11.5 Å². The van der Waals surface area contributed by atoms with Gasteiger partial charge in [0.25, 0.3) is 0 Å². The van der Waals surface area contributed by atoms with Crippen molar-refractivity contribution in [3.63, 3.8) is 0 Å². The average molecular weight is 474 g/mol. The van der Waals surface area contributed by atoms with Crippen molar-refractivity contribution in [1.82, 2.24) is 14.8 Å². The summed E-state index contributed by atoms with van der Waals surface area (Å²) in [5.74, 6) is 1.00. The number of hydrogen-bond acceptors (Lipinski definition) is 5. The van der Waals surface area contributed by atoms with Gasteiger partial charge in [0, 0.05) is 55.5 Å². The van der Waals surface area contributed by atoms with Crippen molar-refractivity contribution in [2.45, 2.75) is 13.3 Å². The monoisotopic (exact) mass is 473 g/mol. The van der Waals surface area contributed by atoms with E-state index in [0.29, 0.717) is 26.1 Å². The number of pyridine rings is 1. The number of aryl methyl sites for hydroxylation is 1. The summed E-state index contributed by atoms with van der Waals surface area (Å²) >= 11 is 3.42. The molecule has 7 nitrogen and oxygen atoms in total. The molecular formula is C22H28BrN5O2. The third kappa shape index (κ3) is 6.27. The van der Waals surface area contributed by atoms with Crippen LogP contribution in [-0.2, 0) is 9.59 Å². The number of rotatable bonds is 7. The van der Waals surface area contributed by atoms with Crippen molar-refractivity contribution in [2.24, 2.45) is 0 Å². The van der Waals surface area contributed by atoms with E-state index in [2.05, 4.69) is 31.1 Å². The summed E-state index contributed by atoms with van der Waals surface area (Å²) in [6, 6.07) is 11.6. The number of amides is 2. The quantitative estimate of drug-likeness (QED) is 0.669. The highest BCUT2D eigenvalue weighted by Gasteiger charge is 2.22. The van der Waals surface area contributed by atoms with Gasteiger partial charge < -0.3 is 15.1 Å². The Morgan fingerprint density at radius 2 is 1.93 bits per heavy atom. The van der Waals surface area contributed by atoms with Crippen LogP contribution in [0.25, 0.3) is 0 Å². The van der Waals surface area contributed by atoms with Gasteiger partial charge in [0.05, 0.1) is 6.54 Å². The van der Waals surface area contributed by atoms with Crippen LogP contribution in [0.5, 0.6) is 0 Å². The van der Waals surface area contributed by atoms with Crippen molar-refractivity contribution in [3.8, 4) is 0 Å². The molecular weight excluding hydrogens is 446 g/mol. The lowest BCUT2D eigenvalue weighted by molar-refractivity contribution is -0.132. The number of benzene rings is 1. The van der Waals surface area contributed by atoms with Crippen LogP contribution in [-0.4, -0.2) is 72.9 Å². The Bertz CT molecular complexity index is 869. The molecule has 3 rings (SSSR count). The molecule has 0 unspecified atom stereocenters. The van der Waals surface area contributed by atoms with Crippen LogP contribution in [0.3, 0.4) is 0 Å². The molecule has 2 aromatic rings. The molecule has 1 fully saturated rings. The second kappa shape index (κ2) is 10.5. The topological polar surface area (TPSA) is 68.8 Å². The average Bonchev–Trinajstić information content (AvgIpc) is 2.75. The van der Waals surface area contributed by atoms with Gasteiger partial charge in [-0.25, -0.2) is 4.98 Å². The Morgan fingerprint density at radius 1 is 1.17 bits per heavy atom. The molecule has 160 valence electrons. The van der Waals surface area contributed by atoms with E-state index in [1.54, 1.807) is 6.20 Å². The lowest BCUT2D eigenvalue weighted by Crippen LogP contribution is -2.49. The number of hydrogen-bond donors (Lipinski definition) is 1. The normalized spacial score (nSPS) is 14.1. The summed E-state index contributed by atoms with van der Waals surface area (Å²) in [6.45, 7) is 5.71. The minimum Gasteiger partial charge on any atom is -0.353 e. The number of aromatic nitrogens is 1. The van der Waals surface area contributed by atoms with Gasteiger partial charge in [0.15, 0.2) is 0 Å². The lowest BCUT2D eigenvalue weighted by atomic mass is 10.2. The first-order chi connectivity index (χ1) is 14.4. The first kappa shape index (κ1) is 22.2. The molecule has 1 aliphatic rings. The van der Waals surface area contributed by atoms with E-state index in [4.69, 9.17) is 0 Å². The summed E-state index contributed by atoms with van der Waals surface area (Å²) in [5, 5.41) is 2.93. The SMILES string of the molecule is Cc1cc(Br)ccc1NC(=O)CN(C)CCC(=O)N1CCN(c2ccccn2)CC1. The zero-order chi connectivity index (χ0) is 21.5. The first-order valence-corrected chi connectivity index (χ1v) is 10.9. The fraction of sp³-hybridized carbons (Fsp3) is 0.409. The molecule has 1 aromatic carbocycles. The summed E-state index contributed by atoms with van der Waals surface area (Å²) in [4.78, 5) is 35.2. The summed E-state index contributed by atoms with van der Waals surface area (Å²) < 4.78 is 0.981. The molecule has 0 bridgehead atoms. The minimum absolute atomic E-state index is 0.0839. The Kier molecular flexibility index (Phi) is 7.81. The van der Waals surface area contributed by atoms with Crippen LogP contribution < -0.4 is 10.2 Å². The largest absolute Gasteiger partial charge is 0.353 e. The van der Waals surface area contributed by atoms with E-state index in [-0.39, 0.29) is 18.4 Å². The maximum absolute atomic E-state index is 12.6. The maximum atomic E-state index is 12.6. The molecule has 0 spiro atoms. The molecule has 1 N–H and O–H groups in total. The van der Waals surface area contributed by atoms with Gasteiger partial charge in [-0.15, -0.1) is 0 Å². The van der Waals surface area contributed by atoms with Crippen LogP contribution in [0.1, 0.15) is 12.0 Å². The molecule has 0 saturated carbocycles. The zero-order valence-corrected chi connectivity index (χ0v) is 19.1. The van der Waals surface area contributed by atoms with E-state index in [1.807, 2.05) is 60.2 Å². The Hall–Kier alpha value is -2.45. The van der Waals surface area contributed by atoms with Crippen LogP contribution in [0.2, 0.25) is 0 Å². The Morgan fingerprint density at radius 3 is 2.60 bits per heavy atom. The van der Waals surface area contributed by atoms with E-state index in [1.165, 1.54) is 0 Å². The zero-order valence-electron chi connectivity index (χ0n) is 17.5. The van der Waals surface area contributed by atoms with Gasteiger partial charge in [0.2, 0.25) is 11.8 Å². The predicted octanol–water partition coefficient (Wildman–Crippen LogP) is 2.76. The smallest absolute Gasteiger partial charge is 0.238 e. The molecule has 8 heteroatoms. The summed E-state index contributed by atoms with van der Waals surface area (Å²) in [6.07, 6.45) is 2.20. The Labute approximate surface area is 186 Å². The number of nitrogens with zero attached hydrogens (tertiary/aromatic N) is 4. The van der Waals surface area contributed by atoms with Crippen molar-refractivity contribution in [1.29, 1.82) is 0 Å². The van der Waals surface area contributed by atoms with Crippen molar-refractivity contribution in [2.75, 3.05) is 56.5 Å². The van der Waals surface area contributed by atoms with Crippen LogP contribution in [0, 0.1) is 6.92 Å². The second-order valence-corrected chi connectivity index (χ2v) is 8.47. The van der Waals surface area contributed by atoms with E-state index < -0.39 is 0 Å². The summed E-state index contributed by atoms with van der Waals surface area (Å²) in [7, 11) is 1.86. The highest BCUT2D eigenvalue weighted by Crippen LogP contribution is 2.20. The molecule has 0 radical (unpaired) electrons. The van der Waals surface area contributed by atoms with E-state index in [9.17, 15) is 9.59 Å². The summed E-state index contributed by atoms with van der Waals surface area (Å²) in [5.41, 5.74) is 1.80. The predicted molar refractivity (Wildman–Crippen MR) is 123 cm³/mol. The van der Waals surface area contributed by atoms with E-state index >= 15 is 0 Å². The maximum Gasteiger partial charge on any atom is 0.238 e. The minimum atomic E-state index is -0.0839. The number of carbonyl (C=O) groups is 2. The molecule has 2 amide bonds. The number of anilines is 2. The van der Waals surface area contributed by atoms with Gasteiger partial charge in [-0.1, -0.05) is 22.0 Å². The molecule has 0 atom stereocenters. The van der Waals surface area contributed by atoms with Gasteiger partial charge >= 0.3 is 0 Å². The van der Waals surface area contributed by atoms with Crippen molar-refractivity contribution >= 4 is 39.2 Å². The molecule has 1 saturated heterocycles.